The maximum absolute atomic E-state index is 13.6. The summed E-state index contributed by atoms with van der Waals surface area (Å²) in [7, 11) is 0. The van der Waals surface area contributed by atoms with Gasteiger partial charge in [0.25, 0.3) is 0 Å². The number of hydrogen-bond acceptors (Lipinski definition) is 4. The molecule has 34 heavy (non-hydrogen) atoms. The summed E-state index contributed by atoms with van der Waals surface area (Å²) < 4.78 is 5.80. The quantitative estimate of drug-likeness (QED) is 0.431. The van der Waals surface area contributed by atoms with Crippen LogP contribution >= 0.6 is 0 Å². The highest BCUT2D eigenvalue weighted by Crippen LogP contribution is 2.49. The predicted molar refractivity (Wildman–Crippen MR) is 135 cm³/mol. The minimum absolute atomic E-state index is 0.0845. The van der Waals surface area contributed by atoms with E-state index in [9.17, 15) is 9.59 Å². The second-order valence-electron chi connectivity index (χ2n) is 10.2. The molecule has 5 rings (SSSR count). The van der Waals surface area contributed by atoms with Crippen molar-refractivity contribution in [3.8, 4) is 0 Å². The summed E-state index contributed by atoms with van der Waals surface area (Å²) in [5, 5.41) is 2.14. The number of benzene rings is 3. The molecule has 4 heteroatoms. The van der Waals surface area contributed by atoms with Crippen molar-refractivity contribution < 1.29 is 14.3 Å². The molecule has 2 atom stereocenters. The minimum Gasteiger partial charge on any atom is -0.460 e. The molecule has 172 valence electrons. The van der Waals surface area contributed by atoms with Crippen LogP contribution in [0.4, 0.5) is 0 Å². The van der Waals surface area contributed by atoms with E-state index in [1.165, 1.54) is 0 Å². The van der Waals surface area contributed by atoms with Crippen molar-refractivity contribution in [3.05, 3.63) is 95.2 Å². The lowest BCUT2D eigenvalue weighted by Gasteiger charge is -2.39. The van der Waals surface area contributed by atoms with Gasteiger partial charge in [-0.1, -0.05) is 86.6 Å². The molecule has 1 heterocycles. The Labute approximate surface area is 200 Å². The number of aliphatic imine (C=N–C) groups is 1. The van der Waals surface area contributed by atoms with Gasteiger partial charge in [0.1, 0.15) is 12.5 Å². The van der Waals surface area contributed by atoms with Gasteiger partial charge < -0.3 is 4.74 Å². The highest BCUT2D eigenvalue weighted by Gasteiger charge is 2.46. The fourth-order valence-electron chi connectivity index (χ4n) is 5.43. The molecular formula is C30H29NO3. The van der Waals surface area contributed by atoms with Gasteiger partial charge in [-0.05, 0) is 40.7 Å². The van der Waals surface area contributed by atoms with Crippen LogP contribution in [0.2, 0.25) is 0 Å². The number of carbonyl (C=O) groups is 2. The number of rotatable bonds is 4. The molecule has 0 saturated heterocycles. The first kappa shape index (κ1) is 22.3. The molecule has 4 nitrogen and oxygen atoms in total. The number of ketones is 1. The Kier molecular flexibility index (Phi) is 5.68. The number of esters is 1. The largest absolute Gasteiger partial charge is 0.460 e. The van der Waals surface area contributed by atoms with Crippen LogP contribution in [-0.2, 0) is 20.9 Å². The highest BCUT2D eigenvalue weighted by atomic mass is 16.5. The van der Waals surface area contributed by atoms with Gasteiger partial charge in [0.15, 0.2) is 5.78 Å². The standard InChI is InChI=1S/C30H29NO3/c1-19-26(29(33)34-18-20-10-5-4-6-11-20)27(23-15-9-13-21-12-7-8-14-22(21)23)28-24(31-19)16-30(2,3)17-25(28)32/h4-15,26-27H,16-18H2,1-3H3/t26?,27-/m1/s1. The predicted octanol–water partition coefficient (Wildman–Crippen LogP) is 6.40. The third-order valence-corrected chi connectivity index (χ3v) is 6.94. The van der Waals surface area contributed by atoms with Gasteiger partial charge in [-0.15, -0.1) is 0 Å². The number of ether oxygens (including phenoxy) is 1. The zero-order valence-electron chi connectivity index (χ0n) is 19.9. The third-order valence-electron chi connectivity index (χ3n) is 6.94. The number of Topliss-reactive ketones (excluding diaryl/α,β-unsaturated/α-hetero) is 1. The molecule has 0 N–H and O–H groups in total. The van der Waals surface area contributed by atoms with E-state index in [2.05, 4.69) is 32.0 Å². The first-order valence-corrected chi connectivity index (χ1v) is 11.8. The molecule has 0 aromatic heterocycles. The lowest BCUT2D eigenvalue weighted by atomic mass is 9.66. The molecule has 3 aromatic carbocycles. The lowest BCUT2D eigenvalue weighted by Crippen LogP contribution is -2.39. The molecule has 1 unspecified atom stereocenters. The number of allylic oxidation sites excluding steroid dienone is 2. The molecule has 1 aliphatic heterocycles. The minimum atomic E-state index is -0.640. The van der Waals surface area contributed by atoms with Crippen LogP contribution < -0.4 is 0 Å². The van der Waals surface area contributed by atoms with Crippen molar-refractivity contribution in [2.24, 2.45) is 16.3 Å². The molecule has 3 aromatic rings. The molecule has 0 fully saturated rings. The Morgan fingerprint density at radius 2 is 1.68 bits per heavy atom. The number of nitrogens with zero attached hydrogens (tertiary/aromatic N) is 1. The van der Waals surface area contributed by atoms with Crippen LogP contribution in [0.1, 0.15) is 50.7 Å². The van der Waals surface area contributed by atoms with Crippen LogP contribution in [0.3, 0.4) is 0 Å². The van der Waals surface area contributed by atoms with Gasteiger partial charge in [0.2, 0.25) is 0 Å². The number of carbonyl (C=O) groups excluding carboxylic acids is 2. The highest BCUT2D eigenvalue weighted by molar-refractivity contribution is 6.10. The van der Waals surface area contributed by atoms with Crippen molar-refractivity contribution in [2.75, 3.05) is 0 Å². The molecular weight excluding hydrogens is 422 g/mol. The molecule has 0 radical (unpaired) electrons. The summed E-state index contributed by atoms with van der Waals surface area (Å²) >= 11 is 0. The Balaban J connectivity index is 1.62. The zero-order valence-corrected chi connectivity index (χ0v) is 19.9. The van der Waals surface area contributed by atoms with E-state index in [0.29, 0.717) is 17.7 Å². The van der Waals surface area contributed by atoms with Crippen molar-refractivity contribution >= 4 is 28.2 Å². The maximum Gasteiger partial charge on any atom is 0.315 e. The van der Waals surface area contributed by atoms with Crippen LogP contribution in [0.5, 0.6) is 0 Å². The second kappa shape index (κ2) is 8.68. The summed E-state index contributed by atoms with van der Waals surface area (Å²) in [6.45, 7) is 6.29. The van der Waals surface area contributed by atoms with E-state index in [1.807, 2.05) is 61.5 Å². The number of hydrogen-bond donors (Lipinski definition) is 0. The topological polar surface area (TPSA) is 55.7 Å². The number of fused-ring (bicyclic) bond motifs is 1. The normalized spacial score (nSPS) is 21.7. The molecule has 0 bridgehead atoms. The van der Waals surface area contributed by atoms with E-state index < -0.39 is 11.8 Å². The smallest absolute Gasteiger partial charge is 0.315 e. The van der Waals surface area contributed by atoms with Crippen molar-refractivity contribution in [3.63, 3.8) is 0 Å². The SMILES string of the molecule is CC1=NC2=C(C(=O)CC(C)(C)C2)[C@H](c2cccc3ccccc23)C1C(=O)OCc1ccccc1. The van der Waals surface area contributed by atoms with Gasteiger partial charge in [0.05, 0.1) is 0 Å². The maximum atomic E-state index is 13.6. The van der Waals surface area contributed by atoms with E-state index in [4.69, 9.17) is 9.73 Å². The molecule has 1 aliphatic carbocycles. The summed E-state index contributed by atoms with van der Waals surface area (Å²) in [5.74, 6) is -1.31. The van der Waals surface area contributed by atoms with E-state index in [1.54, 1.807) is 0 Å². The van der Waals surface area contributed by atoms with Crippen molar-refractivity contribution in [1.82, 2.24) is 0 Å². The zero-order chi connectivity index (χ0) is 23.9. The van der Waals surface area contributed by atoms with Crippen molar-refractivity contribution in [1.29, 1.82) is 0 Å². The Morgan fingerprint density at radius 1 is 0.971 bits per heavy atom. The van der Waals surface area contributed by atoms with Gasteiger partial charge in [-0.25, -0.2) is 0 Å². The fraction of sp³-hybridized carbons (Fsp3) is 0.300. The molecule has 0 saturated carbocycles. The first-order valence-electron chi connectivity index (χ1n) is 11.8. The summed E-state index contributed by atoms with van der Waals surface area (Å²) in [6.07, 6.45) is 1.17. The Morgan fingerprint density at radius 3 is 2.47 bits per heavy atom. The van der Waals surface area contributed by atoms with Crippen LogP contribution in [0.15, 0.2) is 89.1 Å². The monoisotopic (exact) mass is 451 g/mol. The van der Waals surface area contributed by atoms with E-state index in [0.717, 1.165) is 34.0 Å². The van der Waals surface area contributed by atoms with Crippen LogP contribution in [0.25, 0.3) is 10.8 Å². The van der Waals surface area contributed by atoms with E-state index >= 15 is 0 Å². The van der Waals surface area contributed by atoms with E-state index in [-0.39, 0.29) is 23.8 Å². The fourth-order valence-corrected chi connectivity index (χ4v) is 5.43. The third kappa shape index (κ3) is 4.09. The van der Waals surface area contributed by atoms with Gasteiger partial charge in [0, 0.05) is 29.3 Å². The van der Waals surface area contributed by atoms with Gasteiger partial charge >= 0.3 is 5.97 Å². The summed E-state index contributed by atoms with van der Waals surface area (Å²) in [6, 6.07) is 23.9. The lowest BCUT2D eigenvalue weighted by molar-refractivity contribution is -0.148. The first-order chi connectivity index (χ1) is 16.3. The van der Waals surface area contributed by atoms with Gasteiger partial charge in [-0.2, -0.15) is 0 Å². The van der Waals surface area contributed by atoms with Crippen LogP contribution in [-0.4, -0.2) is 17.5 Å². The second-order valence-corrected chi connectivity index (χ2v) is 10.2. The van der Waals surface area contributed by atoms with Crippen LogP contribution in [0, 0.1) is 11.3 Å². The summed E-state index contributed by atoms with van der Waals surface area (Å²) in [5.41, 5.74) is 3.98. The average molecular weight is 452 g/mol. The van der Waals surface area contributed by atoms with Crippen molar-refractivity contribution in [2.45, 2.75) is 46.1 Å². The molecule has 0 amide bonds. The average Bonchev–Trinajstić information content (AvgIpc) is 2.81. The molecule has 2 aliphatic rings. The van der Waals surface area contributed by atoms with Gasteiger partial charge in [-0.3, -0.25) is 14.6 Å². The summed E-state index contributed by atoms with van der Waals surface area (Å²) in [4.78, 5) is 32.0. The Hall–Kier alpha value is -3.53. The molecule has 0 spiro atoms. The Bertz CT molecular complexity index is 1330.